The second kappa shape index (κ2) is 5.24. The van der Waals surface area contributed by atoms with Gasteiger partial charge in [0.2, 0.25) is 0 Å². The Morgan fingerprint density at radius 2 is 2.20 bits per heavy atom. The van der Waals surface area contributed by atoms with Crippen LogP contribution in [0.2, 0.25) is 0 Å². The van der Waals surface area contributed by atoms with Gasteiger partial charge in [0.25, 0.3) is 0 Å². The number of nitriles is 1. The van der Waals surface area contributed by atoms with E-state index in [1.54, 1.807) is 11.3 Å². The fraction of sp³-hybridized carbons (Fsp3) is 0.636. The topological polar surface area (TPSA) is 48.7 Å². The van der Waals surface area contributed by atoms with E-state index in [4.69, 9.17) is 5.26 Å². The van der Waals surface area contributed by atoms with Crippen LogP contribution in [0.1, 0.15) is 41.9 Å². The lowest BCUT2D eigenvalue weighted by molar-refractivity contribution is 0.512. The zero-order chi connectivity index (χ0) is 11.4. The minimum absolute atomic E-state index is 0.0678. The van der Waals surface area contributed by atoms with Gasteiger partial charge in [-0.15, -0.1) is 11.3 Å². The molecule has 1 aromatic rings. The second-order valence-corrected chi connectivity index (χ2v) is 4.90. The fourth-order valence-corrected chi connectivity index (χ4v) is 2.51. The smallest absolute Gasteiger partial charge is 0.0955 e. The zero-order valence-corrected chi connectivity index (χ0v) is 10.5. The quantitative estimate of drug-likeness (QED) is 0.853. The number of thiazole rings is 1. The van der Waals surface area contributed by atoms with Crippen LogP contribution in [-0.4, -0.2) is 11.0 Å². The minimum Gasteiger partial charge on any atom is -0.294 e. The molecule has 1 aromatic heterocycles. The molecule has 0 aliphatic heterocycles. The molecule has 0 saturated carbocycles. The van der Waals surface area contributed by atoms with Gasteiger partial charge in [0.1, 0.15) is 0 Å². The van der Waals surface area contributed by atoms with Crippen LogP contribution in [0.3, 0.4) is 0 Å². The molecule has 15 heavy (non-hydrogen) atoms. The molecule has 0 saturated heterocycles. The Morgan fingerprint density at radius 3 is 2.60 bits per heavy atom. The van der Waals surface area contributed by atoms with E-state index < -0.39 is 0 Å². The predicted molar refractivity (Wildman–Crippen MR) is 62.8 cm³/mol. The third-order valence-corrected chi connectivity index (χ3v) is 3.60. The maximum absolute atomic E-state index is 8.87. The zero-order valence-electron chi connectivity index (χ0n) is 9.66. The van der Waals surface area contributed by atoms with Gasteiger partial charge in [-0.1, -0.05) is 6.92 Å². The summed E-state index contributed by atoms with van der Waals surface area (Å²) in [5.74, 6) is 0. The van der Waals surface area contributed by atoms with Crippen LogP contribution in [0.4, 0.5) is 0 Å². The molecule has 82 valence electrons. The lowest BCUT2D eigenvalue weighted by Gasteiger charge is -2.15. The van der Waals surface area contributed by atoms with Crippen molar-refractivity contribution in [2.45, 2.75) is 46.2 Å². The van der Waals surface area contributed by atoms with Gasteiger partial charge >= 0.3 is 0 Å². The van der Waals surface area contributed by atoms with Crippen molar-refractivity contribution in [3.63, 3.8) is 0 Å². The number of nitrogens with one attached hydrogen (secondary N) is 1. The first-order valence-corrected chi connectivity index (χ1v) is 5.99. The lowest BCUT2D eigenvalue weighted by Crippen LogP contribution is -2.29. The second-order valence-electron chi connectivity index (χ2n) is 3.66. The van der Waals surface area contributed by atoms with E-state index in [-0.39, 0.29) is 12.1 Å². The van der Waals surface area contributed by atoms with Crippen LogP contribution >= 0.6 is 11.3 Å². The van der Waals surface area contributed by atoms with Crippen molar-refractivity contribution in [3.8, 4) is 6.07 Å². The number of aryl methyl sites for hydroxylation is 2. The molecule has 0 spiro atoms. The Bertz CT molecular complexity index is 364. The van der Waals surface area contributed by atoms with Gasteiger partial charge in [0, 0.05) is 10.9 Å². The van der Waals surface area contributed by atoms with E-state index in [1.165, 1.54) is 4.88 Å². The third-order valence-electron chi connectivity index (χ3n) is 2.35. The summed E-state index contributed by atoms with van der Waals surface area (Å²) in [6.45, 7) is 8.12. The van der Waals surface area contributed by atoms with E-state index in [0.717, 1.165) is 17.1 Å². The predicted octanol–water partition coefficient (Wildman–Crippen LogP) is 2.71. The largest absolute Gasteiger partial charge is 0.294 e. The average Bonchev–Trinajstić information content (AvgIpc) is 2.54. The molecule has 0 aliphatic rings. The molecule has 0 fully saturated rings. The number of aromatic nitrogens is 1. The minimum atomic E-state index is -0.0678. The molecular formula is C11H17N3S. The molecule has 3 nitrogen and oxygen atoms in total. The van der Waals surface area contributed by atoms with Crippen molar-refractivity contribution in [1.29, 1.82) is 5.26 Å². The molecular weight excluding hydrogens is 206 g/mol. The van der Waals surface area contributed by atoms with Gasteiger partial charge in [-0.05, 0) is 27.2 Å². The van der Waals surface area contributed by atoms with Crippen LogP contribution in [0.15, 0.2) is 0 Å². The monoisotopic (exact) mass is 223 g/mol. The highest BCUT2D eigenvalue weighted by Crippen LogP contribution is 2.24. The van der Waals surface area contributed by atoms with Crippen LogP contribution in [0, 0.1) is 25.2 Å². The Kier molecular flexibility index (Phi) is 4.25. The van der Waals surface area contributed by atoms with Crippen molar-refractivity contribution >= 4 is 11.3 Å². The molecule has 1 rings (SSSR count). The fourth-order valence-electron chi connectivity index (χ4n) is 1.57. The molecule has 1 N–H and O–H groups in total. The average molecular weight is 223 g/mol. The normalized spacial score (nSPS) is 14.6. The molecule has 0 aromatic carbocycles. The maximum atomic E-state index is 8.87. The van der Waals surface area contributed by atoms with Gasteiger partial charge in [-0.2, -0.15) is 5.26 Å². The molecule has 1 heterocycles. The van der Waals surface area contributed by atoms with Crippen molar-refractivity contribution in [2.75, 3.05) is 0 Å². The first kappa shape index (κ1) is 12.2. The Hall–Kier alpha value is -0.920. The van der Waals surface area contributed by atoms with E-state index in [2.05, 4.69) is 23.3 Å². The first-order chi connectivity index (χ1) is 7.08. The van der Waals surface area contributed by atoms with Gasteiger partial charge in [-0.3, -0.25) is 5.32 Å². The lowest BCUT2D eigenvalue weighted by atomic mass is 10.2. The first-order valence-electron chi connectivity index (χ1n) is 5.18. The molecule has 0 radical (unpaired) electrons. The third kappa shape index (κ3) is 3.01. The molecule has 2 unspecified atom stereocenters. The summed E-state index contributed by atoms with van der Waals surface area (Å²) >= 11 is 1.70. The summed E-state index contributed by atoms with van der Waals surface area (Å²) in [6.07, 6.45) is 0.831. The summed E-state index contributed by atoms with van der Waals surface area (Å²) in [6, 6.07) is 2.39. The molecule has 2 atom stereocenters. The Balaban J connectivity index is 2.73. The van der Waals surface area contributed by atoms with Gasteiger partial charge in [0.15, 0.2) is 0 Å². The molecule has 0 amide bonds. The van der Waals surface area contributed by atoms with E-state index in [1.807, 2.05) is 20.8 Å². The summed E-state index contributed by atoms with van der Waals surface area (Å²) in [5, 5.41) is 13.3. The number of rotatable bonds is 4. The molecule has 4 heteroatoms. The SMILES string of the molecule is CCC(C#N)NC(C)c1sc(C)nc1C. The van der Waals surface area contributed by atoms with E-state index >= 15 is 0 Å². The number of nitrogens with zero attached hydrogens (tertiary/aromatic N) is 2. The van der Waals surface area contributed by atoms with Crippen molar-refractivity contribution in [3.05, 3.63) is 15.6 Å². The van der Waals surface area contributed by atoms with Crippen molar-refractivity contribution in [2.24, 2.45) is 0 Å². The van der Waals surface area contributed by atoms with Crippen molar-refractivity contribution in [1.82, 2.24) is 10.3 Å². The van der Waals surface area contributed by atoms with Crippen LogP contribution < -0.4 is 5.32 Å². The van der Waals surface area contributed by atoms with E-state index in [9.17, 15) is 0 Å². The number of hydrogen-bond donors (Lipinski definition) is 1. The summed E-state index contributed by atoms with van der Waals surface area (Å²) in [4.78, 5) is 5.62. The maximum Gasteiger partial charge on any atom is 0.0955 e. The highest BCUT2D eigenvalue weighted by Gasteiger charge is 2.15. The van der Waals surface area contributed by atoms with Crippen LogP contribution in [-0.2, 0) is 0 Å². The van der Waals surface area contributed by atoms with Crippen LogP contribution in [0.5, 0.6) is 0 Å². The highest BCUT2D eigenvalue weighted by atomic mass is 32.1. The molecule has 0 aliphatic carbocycles. The van der Waals surface area contributed by atoms with Gasteiger partial charge in [0.05, 0.1) is 22.8 Å². The van der Waals surface area contributed by atoms with Crippen molar-refractivity contribution < 1.29 is 0 Å². The van der Waals surface area contributed by atoms with E-state index in [0.29, 0.717) is 0 Å². The summed E-state index contributed by atoms with van der Waals surface area (Å²) < 4.78 is 0. The Labute approximate surface area is 95.2 Å². The standard InChI is InChI=1S/C11H17N3S/c1-5-10(6-12)14-8(3)11-7(2)13-9(4)15-11/h8,10,14H,5H2,1-4H3. The van der Waals surface area contributed by atoms with Crippen LogP contribution in [0.25, 0.3) is 0 Å². The van der Waals surface area contributed by atoms with Gasteiger partial charge < -0.3 is 0 Å². The van der Waals surface area contributed by atoms with Gasteiger partial charge in [-0.25, -0.2) is 4.98 Å². The number of hydrogen-bond acceptors (Lipinski definition) is 4. The Morgan fingerprint density at radius 1 is 1.53 bits per heavy atom. The summed E-state index contributed by atoms with van der Waals surface area (Å²) in [7, 11) is 0. The summed E-state index contributed by atoms with van der Waals surface area (Å²) in [5.41, 5.74) is 1.07. The highest BCUT2D eigenvalue weighted by molar-refractivity contribution is 7.11. The molecule has 0 bridgehead atoms.